The second-order valence-electron chi connectivity index (χ2n) is 11.7. The number of hydrogen-bond acceptors (Lipinski definition) is 0. The van der Waals surface area contributed by atoms with Gasteiger partial charge in [-0.3, -0.25) is 0 Å². The summed E-state index contributed by atoms with van der Waals surface area (Å²) in [5.74, 6) is 13.6. The van der Waals surface area contributed by atoms with Crippen LogP contribution in [0.3, 0.4) is 0 Å². The van der Waals surface area contributed by atoms with Crippen LogP contribution in [0.15, 0.2) is 48.5 Å². The van der Waals surface area contributed by atoms with Gasteiger partial charge < -0.3 is 0 Å². The van der Waals surface area contributed by atoms with E-state index < -0.39 is 0 Å². The van der Waals surface area contributed by atoms with Gasteiger partial charge in [-0.1, -0.05) is 152 Å². The van der Waals surface area contributed by atoms with E-state index in [0.29, 0.717) is 0 Å². The van der Waals surface area contributed by atoms with Crippen molar-refractivity contribution in [1.82, 2.24) is 0 Å². The van der Waals surface area contributed by atoms with Gasteiger partial charge in [0.1, 0.15) is 0 Å². The molecule has 0 nitrogen and oxygen atoms in total. The van der Waals surface area contributed by atoms with Crippen molar-refractivity contribution >= 4 is 21.5 Å². The van der Waals surface area contributed by atoms with Crippen LogP contribution in [0, 0.1) is 23.7 Å². The molecule has 0 aliphatic rings. The Balaban J connectivity index is 1.41. The van der Waals surface area contributed by atoms with E-state index in [1.807, 2.05) is 0 Å². The molecule has 0 saturated heterocycles. The summed E-state index contributed by atoms with van der Waals surface area (Å²) in [6.45, 7) is 4.57. The van der Waals surface area contributed by atoms with E-state index >= 15 is 0 Å². The zero-order valence-corrected chi connectivity index (χ0v) is 25.8. The second-order valence-corrected chi connectivity index (χ2v) is 11.7. The summed E-state index contributed by atoms with van der Waals surface area (Å²) < 4.78 is 0. The quantitative estimate of drug-likeness (QED) is 0.0864. The fourth-order valence-corrected chi connectivity index (χ4v) is 5.53. The highest BCUT2D eigenvalue weighted by molar-refractivity contribution is 5.99. The molecule has 0 atom stereocenters. The minimum Gasteiger partial charge on any atom is -0.0979 e. The molecule has 214 valence electrons. The summed E-state index contributed by atoms with van der Waals surface area (Å²) in [6.07, 6.45) is 26.6. The van der Waals surface area contributed by atoms with Crippen molar-refractivity contribution in [3.05, 3.63) is 59.7 Å². The van der Waals surface area contributed by atoms with Gasteiger partial charge in [0, 0.05) is 24.0 Å². The van der Waals surface area contributed by atoms with Crippen molar-refractivity contribution in [3.63, 3.8) is 0 Å². The molecule has 3 aromatic carbocycles. The van der Waals surface area contributed by atoms with E-state index in [0.717, 1.165) is 24.0 Å². The highest BCUT2D eigenvalue weighted by Gasteiger charge is 2.01. The lowest BCUT2D eigenvalue weighted by Crippen LogP contribution is -1.82. The first-order chi connectivity index (χ1) is 19.8. The summed E-state index contributed by atoms with van der Waals surface area (Å²) in [6, 6.07) is 17.9. The van der Waals surface area contributed by atoms with Crippen LogP contribution in [0.25, 0.3) is 21.5 Å². The molecule has 0 aromatic heterocycles. The molecule has 0 aliphatic heterocycles. The first-order valence-corrected chi connectivity index (χ1v) is 16.8. The summed E-state index contributed by atoms with van der Waals surface area (Å²) in [4.78, 5) is 0. The zero-order valence-electron chi connectivity index (χ0n) is 25.8. The first kappa shape index (κ1) is 31.8. The summed E-state index contributed by atoms with van der Waals surface area (Å²) >= 11 is 0. The Morgan fingerprint density at radius 3 is 1.10 bits per heavy atom. The third-order valence-electron chi connectivity index (χ3n) is 8.07. The Labute approximate surface area is 246 Å². The zero-order chi connectivity index (χ0) is 28.1. The van der Waals surface area contributed by atoms with E-state index in [2.05, 4.69) is 86.1 Å². The topological polar surface area (TPSA) is 0 Å². The molecule has 0 heteroatoms. The van der Waals surface area contributed by atoms with Crippen molar-refractivity contribution in [2.24, 2.45) is 0 Å². The molecule has 3 aromatic rings. The molecule has 0 unspecified atom stereocenters. The second kappa shape index (κ2) is 20.2. The van der Waals surface area contributed by atoms with Crippen LogP contribution in [0.4, 0.5) is 0 Å². The minimum atomic E-state index is 1.01. The Hall–Kier alpha value is -2.70. The largest absolute Gasteiger partial charge is 0.0979 e. The Morgan fingerprint density at radius 1 is 0.375 bits per heavy atom. The maximum absolute atomic E-state index is 3.41. The molecule has 3 rings (SSSR count). The molecule has 0 spiro atoms. The fourth-order valence-electron chi connectivity index (χ4n) is 5.53. The average Bonchev–Trinajstić information content (AvgIpc) is 2.97. The van der Waals surface area contributed by atoms with Gasteiger partial charge in [0.25, 0.3) is 0 Å². The highest BCUT2D eigenvalue weighted by atomic mass is 14.0. The van der Waals surface area contributed by atoms with Crippen LogP contribution in [0.1, 0.15) is 153 Å². The van der Waals surface area contributed by atoms with Crippen molar-refractivity contribution < 1.29 is 0 Å². The van der Waals surface area contributed by atoms with E-state index in [1.165, 1.54) is 137 Å². The van der Waals surface area contributed by atoms with Gasteiger partial charge in [-0.05, 0) is 70.8 Å². The predicted molar refractivity (Wildman–Crippen MR) is 179 cm³/mol. The minimum absolute atomic E-state index is 1.01. The lowest BCUT2D eigenvalue weighted by molar-refractivity contribution is 0.567. The molecule has 0 fully saturated rings. The van der Waals surface area contributed by atoms with Gasteiger partial charge in [0.05, 0.1) is 0 Å². The van der Waals surface area contributed by atoms with Gasteiger partial charge in [-0.15, -0.1) is 0 Å². The van der Waals surface area contributed by atoms with Crippen molar-refractivity contribution in [3.8, 4) is 23.7 Å². The molecule has 0 aliphatic carbocycles. The Bertz CT molecular complexity index is 1140. The molecule has 0 amide bonds. The molecular weight excluding hydrogens is 480 g/mol. The van der Waals surface area contributed by atoms with Crippen LogP contribution in [0.2, 0.25) is 0 Å². The van der Waals surface area contributed by atoms with E-state index in [-0.39, 0.29) is 0 Å². The van der Waals surface area contributed by atoms with E-state index in [9.17, 15) is 0 Å². The van der Waals surface area contributed by atoms with E-state index in [1.54, 1.807) is 0 Å². The number of unbranched alkanes of at least 4 members (excludes halogenated alkanes) is 18. The highest BCUT2D eigenvalue weighted by Crippen LogP contribution is 2.25. The van der Waals surface area contributed by atoms with Crippen molar-refractivity contribution in [2.75, 3.05) is 0 Å². The molecule has 0 saturated carbocycles. The fraction of sp³-hybridized carbons (Fsp3) is 0.550. The standard InChI is InChI=1S/C40H54/c1-3-5-7-9-11-13-15-17-19-21-23-25-35-27-29-37-34-40-32-36(28-30-38(40)33-39(37)31-35)26-24-22-20-18-16-14-12-10-8-6-4-2/h27-34H,3-22H2,1-2H3. The number of fused-ring (bicyclic) bond motifs is 2. The molecular formula is C40H54. The molecule has 0 radical (unpaired) electrons. The SMILES string of the molecule is CCCCCCCCCCCC#Cc1ccc2cc3cc(C#CCCCCCCCCCCC)ccc3cc2c1. The maximum atomic E-state index is 3.41. The average molecular weight is 535 g/mol. The van der Waals surface area contributed by atoms with E-state index in [4.69, 9.17) is 0 Å². The van der Waals surface area contributed by atoms with Gasteiger partial charge in [0.2, 0.25) is 0 Å². The van der Waals surface area contributed by atoms with Crippen LogP contribution in [0.5, 0.6) is 0 Å². The lowest BCUT2D eigenvalue weighted by atomic mass is 10.00. The number of hydrogen-bond donors (Lipinski definition) is 0. The summed E-state index contributed by atoms with van der Waals surface area (Å²) in [7, 11) is 0. The van der Waals surface area contributed by atoms with Crippen LogP contribution in [-0.2, 0) is 0 Å². The van der Waals surface area contributed by atoms with Crippen LogP contribution < -0.4 is 0 Å². The Morgan fingerprint density at radius 2 is 0.725 bits per heavy atom. The third-order valence-corrected chi connectivity index (χ3v) is 8.07. The van der Waals surface area contributed by atoms with Gasteiger partial charge in [-0.2, -0.15) is 0 Å². The number of rotatable bonds is 18. The predicted octanol–water partition coefficient (Wildman–Crippen LogP) is 12.5. The van der Waals surface area contributed by atoms with Crippen LogP contribution >= 0.6 is 0 Å². The maximum Gasteiger partial charge on any atom is 0.0251 e. The van der Waals surface area contributed by atoms with Gasteiger partial charge in [-0.25, -0.2) is 0 Å². The summed E-state index contributed by atoms with van der Waals surface area (Å²) in [5, 5.41) is 5.09. The molecule has 0 heterocycles. The lowest BCUT2D eigenvalue weighted by Gasteiger charge is -2.04. The molecule has 0 bridgehead atoms. The Kier molecular flexibility index (Phi) is 16.1. The normalized spacial score (nSPS) is 10.8. The van der Waals surface area contributed by atoms with Gasteiger partial charge in [0.15, 0.2) is 0 Å². The monoisotopic (exact) mass is 534 g/mol. The first-order valence-electron chi connectivity index (χ1n) is 16.8. The van der Waals surface area contributed by atoms with Crippen LogP contribution in [-0.4, -0.2) is 0 Å². The van der Waals surface area contributed by atoms with Crippen molar-refractivity contribution in [2.45, 2.75) is 142 Å². The van der Waals surface area contributed by atoms with Crippen molar-refractivity contribution in [1.29, 1.82) is 0 Å². The molecule has 40 heavy (non-hydrogen) atoms. The number of benzene rings is 3. The smallest absolute Gasteiger partial charge is 0.0251 e. The third kappa shape index (κ3) is 12.6. The molecule has 0 N–H and O–H groups in total. The van der Waals surface area contributed by atoms with Gasteiger partial charge >= 0.3 is 0 Å². The summed E-state index contributed by atoms with van der Waals surface area (Å²) in [5.41, 5.74) is 2.25.